The number of carbonyl (C=O) groups excluding carboxylic acids is 1. The number of rotatable bonds is 4. The number of nitrogens with zero attached hydrogens (tertiary/aromatic N) is 1. The van der Waals surface area contributed by atoms with Crippen molar-refractivity contribution in [1.29, 1.82) is 0 Å². The number of benzene rings is 1. The van der Waals surface area contributed by atoms with Crippen molar-refractivity contribution in [1.82, 2.24) is 5.32 Å². The Morgan fingerprint density at radius 1 is 1.22 bits per heavy atom. The van der Waals surface area contributed by atoms with Crippen LogP contribution in [0.25, 0.3) is 0 Å². The lowest BCUT2D eigenvalue weighted by Gasteiger charge is -2.27. The van der Waals surface area contributed by atoms with Crippen molar-refractivity contribution in [2.75, 3.05) is 0 Å². The Kier molecular flexibility index (Phi) is 5.18. The van der Waals surface area contributed by atoms with Crippen molar-refractivity contribution in [2.24, 2.45) is 10.9 Å². The quantitative estimate of drug-likeness (QED) is 0.724. The Labute approximate surface area is 165 Å². The Bertz CT molecular complexity index is 849. The molecule has 142 valence electrons. The monoisotopic (exact) mass is 380 g/mol. The second-order valence-electron chi connectivity index (χ2n) is 8.10. The average Bonchev–Trinajstić information content (AvgIpc) is 3.37. The van der Waals surface area contributed by atoms with Gasteiger partial charge in [0.05, 0.1) is 12.1 Å². The molecule has 1 aromatic carbocycles. The summed E-state index contributed by atoms with van der Waals surface area (Å²) in [4.78, 5) is 17.9. The molecule has 0 bridgehead atoms. The molecule has 27 heavy (non-hydrogen) atoms. The van der Waals surface area contributed by atoms with Crippen molar-refractivity contribution in [3.8, 4) is 0 Å². The number of nitrogens with one attached hydrogen (secondary N) is 1. The summed E-state index contributed by atoms with van der Waals surface area (Å²) in [6.45, 7) is 6.42. The van der Waals surface area contributed by atoms with Crippen molar-refractivity contribution < 1.29 is 4.79 Å². The number of aliphatic imine (C=N–C) groups is 1. The molecule has 1 aliphatic carbocycles. The lowest BCUT2D eigenvalue weighted by Crippen LogP contribution is -2.33. The summed E-state index contributed by atoms with van der Waals surface area (Å²) in [5, 5.41) is 7.63. The van der Waals surface area contributed by atoms with E-state index in [1.807, 2.05) is 12.1 Å². The van der Waals surface area contributed by atoms with Crippen molar-refractivity contribution in [3.05, 3.63) is 57.3 Å². The fourth-order valence-electron chi connectivity index (χ4n) is 4.60. The summed E-state index contributed by atoms with van der Waals surface area (Å²) in [6, 6.07) is 8.71. The molecule has 1 amide bonds. The van der Waals surface area contributed by atoms with Gasteiger partial charge in [-0.05, 0) is 78.3 Å². The standard InChI is InChI=1S/C23H28N2OS/c1-14-15(2)24-16(3)21-12-18(8-9-20(14)21)23(26)25-22(17-6-4-5-7-17)19-10-11-27-13-19/h8-15,17,22H,4-7H2,1-3H3,(H,25,26). The molecule has 1 aliphatic heterocycles. The molecule has 4 heteroatoms. The van der Waals surface area contributed by atoms with E-state index in [1.54, 1.807) is 11.3 Å². The molecule has 1 saturated carbocycles. The van der Waals surface area contributed by atoms with Crippen molar-refractivity contribution in [2.45, 2.75) is 64.5 Å². The summed E-state index contributed by atoms with van der Waals surface area (Å²) in [7, 11) is 0. The van der Waals surface area contributed by atoms with Gasteiger partial charge in [0.2, 0.25) is 0 Å². The highest BCUT2D eigenvalue weighted by molar-refractivity contribution is 7.08. The SMILES string of the molecule is CC1=NC(C)C(C)c2ccc(C(=O)NC(c3ccsc3)C3CCCC3)cc21. The van der Waals surface area contributed by atoms with Gasteiger partial charge in [-0.2, -0.15) is 11.3 Å². The summed E-state index contributed by atoms with van der Waals surface area (Å²) in [5.74, 6) is 0.961. The molecule has 2 aromatic rings. The highest BCUT2D eigenvalue weighted by atomic mass is 32.1. The van der Waals surface area contributed by atoms with Gasteiger partial charge in [0.25, 0.3) is 5.91 Å². The third-order valence-electron chi connectivity index (χ3n) is 6.38. The number of carbonyl (C=O) groups is 1. The molecule has 1 fully saturated rings. The number of hydrogen-bond acceptors (Lipinski definition) is 3. The van der Waals surface area contributed by atoms with Crippen LogP contribution < -0.4 is 5.32 Å². The molecule has 3 nitrogen and oxygen atoms in total. The van der Waals surface area contributed by atoms with E-state index in [9.17, 15) is 4.79 Å². The normalized spacial score (nSPS) is 23.6. The van der Waals surface area contributed by atoms with Crippen molar-refractivity contribution in [3.63, 3.8) is 0 Å². The van der Waals surface area contributed by atoms with Crippen LogP contribution in [0, 0.1) is 5.92 Å². The van der Waals surface area contributed by atoms with Gasteiger partial charge in [0.15, 0.2) is 0 Å². The van der Waals surface area contributed by atoms with Crippen LogP contribution in [-0.2, 0) is 0 Å². The summed E-state index contributed by atoms with van der Waals surface area (Å²) < 4.78 is 0. The maximum atomic E-state index is 13.1. The van der Waals surface area contributed by atoms with Gasteiger partial charge in [0, 0.05) is 17.2 Å². The molecule has 1 aromatic heterocycles. The van der Waals surface area contributed by atoms with Crippen LogP contribution in [0.5, 0.6) is 0 Å². The number of fused-ring (bicyclic) bond motifs is 1. The van der Waals surface area contributed by atoms with Crippen LogP contribution >= 0.6 is 11.3 Å². The first-order valence-corrected chi connectivity index (χ1v) is 11.0. The zero-order valence-electron chi connectivity index (χ0n) is 16.4. The van der Waals surface area contributed by atoms with E-state index >= 15 is 0 Å². The van der Waals surface area contributed by atoms with Crippen LogP contribution in [0.1, 0.15) is 85.5 Å². The van der Waals surface area contributed by atoms with Crippen LogP contribution in [0.4, 0.5) is 0 Å². The molecule has 2 heterocycles. The summed E-state index contributed by atoms with van der Waals surface area (Å²) in [6.07, 6.45) is 4.94. The van der Waals surface area contributed by atoms with Crippen LogP contribution in [0.2, 0.25) is 0 Å². The molecule has 0 radical (unpaired) electrons. The molecule has 1 N–H and O–H groups in total. The lowest BCUT2D eigenvalue weighted by atomic mass is 9.85. The Balaban J connectivity index is 1.59. The Hall–Kier alpha value is -1.94. The first-order valence-electron chi connectivity index (χ1n) is 10.1. The Morgan fingerprint density at radius 3 is 2.70 bits per heavy atom. The zero-order valence-corrected chi connectivity index (χ0v) is 17.2. The van der Waals surface area contributed by atoms with Crippen LogP contribution in [0.3, 0.4) is 0 Å². The molecule has 2 aliphatic rings. The van der Waals surface area contributed by atoms with E-state index in [-0.39, 0.29) is 11.9 Å². The fourth-order valence-corrected chi connectivity index (χ4v) is 5.29. The van der Waals surface area contributed by atoms with Gasteiger partial charge in [-0.1, -0.05) is 25.8 Å². The van der Waals surface area contributed by atoms with E-state index in [2.05, 4.69) is 49.0 Å². The van der Waals surface area contributed by atoms with E-state index in [1.165, 1.54) is 36.8 Å². The third-order valence-corrected chi connectivity index (χ3v) is 7.08. The number of hydrogen-bond donors (Lipinski definition) is 1. The number of thiophene rings is 1. The molecular formula is C23H28N2OS. The predicted molar refractivity (Wildman–Crippen MR) is 113 cm³/mol. The van der Waals surface area contributed by atoms with Gasteiger partial charge in [-0.15, -0.1) is 0 Å². The summed E-state index contributed by atoms with van der Waals surface area (Å²) >= 11 is 1.70. The van der Waals surface area contributed by atoms with Gasteiger partial charge in [-0.3, -0.25) is 9.79 Å². The van der Waals surface area contributed by atoms with Crippen molar-refractivity contribution >= 4 is 23.0 Å². The minimum absolute atomic E-state index is 0.0278. The van der Waals surface area contributed by atoms with Gasteiger partial charge < -0.3 is 5.32 Å². The smallest absolute Gasteiger partial charge is 0.251 e. The largest absolute Gasteiger partial charge is 0.345 e. The van der Waals surface area contributed by atoms with E-state index in [4.69, 9.17) is 4.99 Å². The van der Waals surface area contributed by atoms with Crippen LogP contribution in [0.15, 0.2) is 40.0 Å². The van der Waals surface area contributed by atoms with E-state index in [0.29, 0.717) is 17.9 Å². The zero-order chi connectivity index (χ0) is 19.0. The molecule has 4 rings (SSSR count). The minimum atomic E-state index is 0.0278. The lowest BCUT2D eigenvalue weighted by molar-refractivity contribution is 0.0922. The molecule has 3 atom stereocenters. The topological polar surface area (TPSA) is 41.5 Å². The average molecular weight is 381 g/mol. The van der Waals surface area contributed by atoms with E-state index < -0.39 is 0 Å². The second kappa shape index (κ2) is 7.59. The van der Waals surface area contributed by atoms with Crippen LogP contribution in [-0.4, -0.2) is 17.7 Å². The number of amides is 1. The highest BCUT2D eigenvalue weighted by Crippen LogP contribution is 2.37. The molecular weight excluding hydrogens is 352 g/mol. The first-order chi connectivity index (χ1) is 13.0. The molecule has 3 unspecified atom stereocenters. The van der Waals surface area contributed by atoms with Gasteiger partial charge in [0.1, 0.15) is 0 Å². The molecule has 0 spiro atoms. The third kappa shape index (κ3) is 3.60. The molecule has 0 saturated heterocycles. The highest BCUT2D eigenvalue weighted by Gasteiger charge is 2.29. The summed E-state index contributed by atoms with van der Waals surface area (Å²) in [5.41, 5.74) is 5.45. The minimum Gasteiger partial charge on any atom is -0.345 e. The predicted octanol–water partition coefficient (Wildman–Crippen LogP) is 5.72. The van der Waals surface area contributed by atoms with Gasteiger partial charge in [-0.25, -0.2) is 0 Å². The maximum absolute atomic E-state index is 13.1. The fraction of sp³-hybridized carbons (Fsp3) is 0.478. The van der Waals surface area contributed by atoms with Gasteiger partial charge >= 0.3 is 0 Å². The first kappa shape index (κ1) is 18.4. The second-order valence-corrected chi connectivity index (χ2v) is 8.88. The maximum Gasteiger partial charge on any atom is 0.251 e. The van der Waals surface area contributed by atoms with E-state index in [0.717, 1.165) is 16.8 Å². The Morgan fingerprint density at radius 2 is 2.00 bits per heavy atom.